The normalized spacial score (nSPS) is 11.9. The molecule has 98 valence electrons. The second-order valence-corrected chi connectivity index (χ2v) is 4.10. The lowest BCUT2D eigenvalue weighted by Gasteiger charge is -2.15. The van der Waals surface area contributed by atoms with E-state index in [1.165, 1.54) is 0 Å². The molecule has 0 fully saturated rings. The number of ketones is 1. The van der Waals surface area contributed by atoms with Crippen molar-refractivity contribution in [1.82, 2.24) is 0 Å². The van der Waals surface area contributed by atoms with Crippen LogP contribution in [0.2, 0.25) is 0 Å². The van der Waals surface area contributed by atoms with Gasteiger partial charge in [0.25, 0.3) is 0 Å². The first-order chi connectivity index (χ1) is 7.97. The van der Waals surface area contributed by atoms with E-state index in [2.05, 4.69) is 6.58 Å². The van der Waals surface area contributed by atoms with Gasteiger partial charge in [0.1, 0.15) is 12.4 Å². The summed E-state index contributed by atoms with van der Waals surface area (Å²) < 4.78 is 10.4. The maximum Gasteiger partial charge on any atom is 0.333 e. The number of hydrogen-bond donors (Lipinski definition) is 0. The van der Waals surface area contributed by atoms with Gasteiger partial charge >= 0.3 is 5.97 Å². The fourth-order valence-corrected chi connectivity index (χ4v) is 1.36. The third-order valence-electron chi connectivity index (χ3n) is 2.14. The molecule has 0 heterocycles. The van der Waals surface area contributed by atoms with E-state index in [0.717, 1.165) is 12.8 Å². The summed E-state index contributed by atoms with van der Waals surface area (Å²) >= 11 is 0. The molecular weight excluding hydrogens is 220 g/mol. The van der Waals surface area contributed by atoms with Gasteiger partial charge in [0.15, 0.2) is 0 Å². The highest BCUT2D eigenvalue weighted by molar-refractivity contribution is 5.86. The van der Waals surface area contributed by atoms with Crippen LogP contribution in [-0.2, 0) is 19.1 Å². The Kier molecular flexibility index (Phi) is 8.32. The highest BCUT2D eigenvalue weighted by atomic mass is 16.6. The molecule has 0 bridgehead atoms. The Bertz CT molecular complexity index is 271. The van der Waals surface area contributed by atoms with Crippen molar-refractivity contribution in [3.8, 4) is 0 Å². The van der Waals surface area contributed by atoms with Crippen molar-refractivity contribution in [1.29, 1.82) is 0 Å². The van der Waals surface area contributed by atoms with Crippen molar-refractivity contribution in [2.45, 2.75) is 46.1 Å². The molecule has 4 nitrogen and oxygen atoms in total. The van der Waals surface area contributed by atoms with Gasteiger partial charge < -0.3 is 9.47 Å². The molecule has 1 unspecified atom stereocenters. The van der Waals surface area contributed by atoms with Crippen molar-refractivity contribution in [2.75, 3.05) is 13.2 Å². The number of rotatable bonds is 9. The fraction of sp³-hybridized carbons (Fsp3) is 0.692. The van der Waals surface area contributed by atoms with Gasteiger partial charge in [-0.05, 0) is 20.3 Å². The van der Waals surface area contributed by atoms with Crippen LogP contribution in [-0.4, -0.2) is 31.1 Å². The van der Waals surface area contributed by atoms with Crippen LogP contribution in [0.25, 0.3) is 0 Å². The second-order valence-electron chi connectivity index (χ2n) is 4.10. The Morgan fingerprint density at radius 2 is 1.88 bits per heavy atom. The molecular formula is C13H22O4. The first-order valence-electron chi connectivity index (χ1n) is 5.91. The highest BCUT2D eigenvalue weighted by Crippen LogP contribution is 2.07. The summed E-state index contributed by atoms with van der Waals surface area (Å²) in [5.74, 6) is -0.297. The van der Waals surface area contributed by atoms with Gasteiger partial charge in [0, 0.05) is 12.0 Å². The van der Waals surface area contributed by atoms with E-state index in [1.807, 2.05) is 6.92 Å². The minimum absolute atomic E-state index is 0.0685. The second kappa shape index (κ2) is 8.93. The molecule has 0 aromatic carbocycles. The van der Waals surface area contributed by atoms with Crippen LogP contribution in [0.1, 0.15) is 40.0 Å². The molecule has 17 heavy (non-hydrogen) atoms. The third-order valence-corrected chi connectivity index (χ3v) is 2.14. The minimum atomic E-state index is -0.410. The summed E-state index contributed by atoms with van der Waals surface area (Å²) in [6.45, 7) is 9.18. The Hall–Kier alpha value is -1.16. The van der Waals surface area contributed by atoms with E-state index < -0.39 is 5.97 Å². The summed E-state index contributed by atoms with van der Waals surface area (Å²) in [6, 6.07) is 0. The lowest BCUT2D eigenvalue weighted by Crippen LogP contribution is -2.20. The molecule has 0 saturated heterocycles. The van der Waals surface area contributed by atoms with Crippen LogP contribution in [0.3, 0.4) is 0 Å². The molecule has 0 N–H and O–H groups in total. The molecule has 0 amide bonds. The Balaban J connectivity index is 3.78. The maximum atomic E-state index is 11.1. The number of carbonyl (C=O) groups is 2. The van der Waals surface area contributed by atoms with E-state index in [1.54, 1.807) is 13.8 Å². The fourth-order valence-electron chi connectivity index (χ4n) is 1.36. The summed E-state index contributed by atoms with van der Waals surface area (Å²) in [7, 11) is 0. The van der Waals surface area contributed by atoms with Crippen LogP contribution >= 0.6 is 0 Å². The van der Waals surface area contributed by atoms with E-state index in [0.29, 0.717) is 18.6 Å². The molecule has 4 heteroatoms. The Morgan fingerprint density at radius 1 is 1.24 bits per heavy atom. The summed E-state index contributed by atoms with van der Waals surface area (Å²) in [4.78, 5) is 22.0. The monoisotopic (exact) mass is 242 g/mol. The average Bonchev–Trinajstić information content (AvgIpc) is 2.23. The number of hydrogen-bond acceptors (Lipinski definition) is 4. The highest BCUT2D eigenvalue weighted by Gasteiger charge is 2.11. The molecule has 1 atom stereocenters. The Labute approximate surface area is 103 Å². The zero-order valence-corrected chi connectivity index (χ0v) is 11.0. The van der Waals surface area contributed by atoms with Gasteiger partial charge in [0.05, 0.1) is 12.7 Å². The standard InChI is InChI=1S/C13H22O4/c1-5-6-12(9-11(4)14)16-7-8-17-13(15)10(2)3/h12H,2,5-9H2,1,3-4H3. The predicted octanol–water partition coefficient (Wildman–Crippen LogP) is 2.27. The lowest BCUT2D eigenvalue weighted by molar-refractivity contribution is -0.141. The maximum absolute atomic E-state index is 11.1. The minimum Gasteiger partial charge on any atom is -0.460 e. The molecule has 0 aliphatic heterocycles. The van der Waals surface area contributed by atoms with Crippen molar-refractivity contribution < 1.29 is 19.1 Å². The average molecular weight is 242 g/mol. The number of carbonyl (C=O) groups excluding carboxylic acids is 2. The van der Waals surface area contributed by atoms with Crippen LogP contribution in [0, 0.1) is 0 Å². The van der Waals surface area contributed by atoms with E-state index in [4.69, 9.17) is 9.47 Å². The number of esters is 1. The predicted molar refractivity (Wildman–Crippen MR) is 65.7 cm³/mol. The SMILES string of the molecule is C=C(C)C(=O)OCCOC(CCC)CC(C)=O. The van der Waals surface area contributed by atoms with Gasteiger partial charge in [-0.2, -0.15) is 0 Å². The van der Waals surface area contributed by atoms with Gasteiger partial charge in [-0.1, -0.05) is 19.9 Å². The van der Waals surface area contributed by atoms with Crippen LogP contribution < -0.4 is 0 Å². The molecule has 0 aliphatic rings. The van der Waals surface area contributed by atoms with E-state index in [-0.39, 0.29) is 18.5 Å². The van der Waals surface area contributed by atoms with Crippen LogP contribution in [0.15, 0.2) is 12.2 Å². The van der Waals surface area contributed by atoms with E-state index >= 15 is 0 Å². The quantitative estimate of drug-likeness (QED) is 0.353. The zero-order valence-electron chi connectivity index (χ0n) is 11.0. The first kappa shape index (κ1) is 15.8. The first-order valence-corrected chi connectivity index (χ1v) is 5.91. The molecule has 0 radical (unpaired) electrons. The molecule has 0 aliphatic carbocycles. The lowest BCUT2D eigenvalue weighted by atomic mass is 10.1. The van der Waals surface area contributed by atoms with Crippen LogP contribution in [0.4, 0.5) is 0 Å². The van der Waals surface area contributed by atoms with Gasteiger partial charge in [0.2, 0.25) is 0 Å². The zero-order chi connectivity index (χ0) is 13.3. The smallest absolute Gasteiger partial charge is 0.333 e. The molecule has 0 spiro atoms. The van der Waals surface area contributed by atoms with Gasteiger partial charge in [-0.25, -0.2) is 4.79 Å². The van der Waals surface area contributed by atoms with E-state index in [9.17, 15) is 9.59 Å². The number of Topliss-reactive ketones (excluding diaryl/α,β-unsaturated/α-hetero) is 1. The molecule has 0 aromatic heterocycles. The van der Waals surface area contributed by atoms with Crippen LogP contribution in [0.5, 0.6) is 0 Å². The summed E-state index contributed by atoms with van der Waals surface area (Å²) in [6.07, 6.45) is 2.15. The Morgan fingerprint density at radius 3 is 2.35 bits per heavy atom. The van der Waals surface area contributed by atoms with Gasteiger partial charge in [-0.15, -0.1) is 0 Å². The van der Waals surface area contributed by atoms with Crippen molar-refractivity contribution in [3.05, 3.63) is 12.2 Å². The number of ether oxygens (including phenoxy) is 2. The summed E-state index contributed by atoms with van der Waals surface area (Å²) in [5, 5.41) is 0. The molecule has 0 aromatic rings. The van der Waals surface area contributed by atoms with Crippen molar-refractivity contribution in [3.63, 3.8) is 0 Å². The molecule has 0 saturated carbocycles. The van der Waals surface area contributed by atoms with Gasteiger partial charge in [-0.3, -0.25) is 4.79 Å². The third kappa shape index (κ3) is 8.63. The molecule has 0 rings (SSSR count). The van der Waals surface area contributed by atoms with Crippen molar-refractivity contribution >= 4 is 11.8 Å². The summed E-state index contributed by atoms with van der Waals surface area (Å²) in [5.41, 5.74) is 0.374. The topological polar surface area (TPSA) is 52.6 Å². The largest absolute Gasteiger partial charge is 0.460 e. The van der Waals surface area contributed by atoms with Crippen molar-refractivity contribution in [2.24, 2.45) is 0 Å².